The van der Waals surface area contributed by atoms with E-state index in [1.54, 1.807) is 0 Å². The minimum atomic E-state index is -0.520. The molecule has 0 saturated carbocycles. The number of anilines is 1. The molecular formula is C22H17N3O3. The van der Waals surface area contributed by atoms with E-state index in [9.17, 15) is 14.9 Å². The number of hydrogen-bond donors (Lipinski definition) is 0. The van der Waals surface area contributed by atoms with Gasteiger partial charge in [0.1, 0.15) is 5.84 Å². The van der Waals surface area contributed by atoms with E-state index in [0.29, 0.717) is 12.4 Å². The van der Waals surface area contributed by atoms with Crippen LogP contribution >= 0.6 is 0 Å². The number of nitro benzene ring substituents is 1. The predicted molar refractivity (Wildman–Crippen MR) is 108 cm³/mol. The van der Waals surface area contributed by atoms with Crippen LogP contribution in [0.3, 0.4) is 0 Å². The van der Waals surface area contributed by atoms with Gasteiger partial charge in [0.25, 0.3) is 11.6 Å². The maximum absolute atomic E-state index is 12.8. The van der Waals surface area contributed by atoms with E-state index in [4.69, 9.17) is 0 Å². The first kappa shape index (κ1) is 17.6. The molecule has 6 nitrogen and oxygen atoms in total. The quantitative estimate of drug-likeness (QED) is 0.501. The van der Waals surface area contributed by atoms with Gasteiger partial charge in [0.2, 0.25) is 0 Å². The zero-order valence-electron chi connectivity index (χ0n) is 15.2. The molecule has 0 spiro atoms. The van der Waals surface area contributed by atoms with Crippen molar-refractivity contribution in [2.45, 2.75) is 13.5 Å². The average Bonchev–Trinajstić information content (AvgIpc) is 3.06. The van der Waals surface area contributed by atoms with Crippen molar-refractivity contribution in [3.63, 3.8) is 0 Å². The molecule has 0 aliphatic carbocycles. The third-order valence-electron chi connectivity index (χ3n) is 4.67. The maximum Gasteiger partial charge on any atom is 0.279 e. The first-order valence-electron chi connectivity index (χ1n) is 8.83. The van der Waals surface area contributed by atoms with E-state index < -0.39 is 10.8 Å². The van der Waals surface area contributed by atoms with Crippen LogP contribution in [-0.4, -0.2) is 16.7 Å². The second-order valence-electron chi connectivity index (χ2n) is 6.63. The molecule has 1 heterocycles. The van der Waals surface area contributed by atoms with Crippen molar-refractivity contribution >= 4 is 23.1 Å². The molecule has 138 valence electrons. The van der Waals surface area contributed by atoms with Gasteiger partial charge in [0.15, 0.2) is 0 Å². The van der Waals surface area contributed by atoms with E-state index in [-0.39, 0.29) is 11.3 Å². The summed E-state index contributed by atoms with van der Waals surface area (Å²) in [5, 5.41) is 11.0. The third-order valence-corrected chi connectivity index (χ3v) is 4.67. The van der Waals surface area contributed by atoms with Crippen LogP contribution in [0.15, 0.2) is 77.8 Å². The Bertz CT molecular complexity index is 1120. The molecule has 1 aliphatic heterocycles. The number of carbonyl (C=O) groups excluding carboxylic acids is 1. The lowest BCUT2D eigenvalue weighted by molar-refractivity contribution is -0.384. The summed E-state index contributed by atoms with van der Waals surface area (Å²) in [6, 6.07) is 21.5. The molecule has 28 heavy (non-hydrogen) atoms. The topological polar surface area (TPSA) is 75.8 Å². The number of benzene rings is 3. The summed E-state index contributed by atoms with van der Waals surface area (Å²) in [4.78, 5) is 29.6. The molecule has 1 amide bonds. The van der Waals surface area contributed by atoms with Gasteiger partial charge in [-0.1, -0.05) is 42.5 Å². The van der Waals surface area contributed by atoms with Crippen LogP contribution < -0.4 is 4.90 Å². The van der Waals surface area contributed by atoms with E-state index in [2.05, 4.69) is 4.99 Å². The van der Waals surface area contributed by atoms with E-state index in [0.717, 1.165) is 22.4 Å². The molecule has 0 N–H and O–H groups in total. The number of nitro groups is 1. The van der Waals surface area contributed by atoms with Crippen LogP contribution in [0.2, 0.25) is 0 Å². The van der Waals surface area contributed by atoms with Gasteiger partial charge in [-0.25, -0.2) is 0 Å². The lowest BCUT2D eigenvalue weighted by atomic mass is 10.1. The predicted octanol–water partition coefficient (Wildman–Crippen LogP) is 4.51. The zero-order chi connectivity index (χ0) is 19.7. The van der Waals surface area contributed by atoms with Gasteiger partial charge >= 0.3 is 0 Å². The summed E-state index contributed by atoms with van der Waals surface area (Å²) in [5.41, 5.74) is 4.08. The Morgan fingerprint density at radius 1 is 1.04 bits per heavy atom. The number of nitrogens with zero attached hydrogens (tertiary/aromatic N) is 3. The summed E-state index contributed by atoms with van der Waals surface area (Å²) in [7, 11) is 0. The first-order chi connectivity index (χ1) is 13.5. The van der Waals surface area contributed by atoms with Crippen LogP contribution in [0.5, 0.6) is 0 Å². The molecule has 0 saturated heterocycles. The molecule has 4 rings (SSSR count). The van der Waals surface area contributed by atoms with Crippen LogP contribution in [0.4, 0.5) is 11.4 Å². The lowest BCUT2D eigenvalue weighted by Gasteiger charge is -2.19. The highest BCUT2D eigenvalue weighted by Gasteiger charge is 2.27. The molecule has 0 fully saturated rings. The monoisotopic (exact) mass is 371 g/mol. The Balaban J connectivity index is 1.78. The van der Waals surface area contributed by atoms with E-state index >= 15 is 0 Å². The Kier molecular flexibility index (Phi) is 4.45. The van der Waals surface area contributed by atoms with Crippen molar-refractivity contribution < 1.29 is 9.72 Å². The van der Waals surface area contributed by atoms with Crippen molar-refractivity contribution in [2.24, 2.45) is 4.99 Å². The summed E-state index contributed by atoms with van der Waals surface area (Å²) in [6.07, 6.45) is 0. The second-order valence-corrected chi connectivity index (χ2v) is 6.63. The van der Waals surface area contributed by atoms with Gasteiger partial charge in [-0.2, -0.15) is 4.99 Å². The molecule has 1 aliphatic rings. The van der Waals surface area contributed by atoms with Crippen molar-refractivity contribution in [1.29, 1.82) is 0 Å². The first-order valence-corrected chi connectivity index (χ1v) is 8.83. The van der Waals surface area contributed by atoms with Gasteiger partial charge in [0, 0.05) is 28.9 Å². The number of fused-ring (bicyclic) bond motifs is 1. The number of rotatable bonds is 3. The molecule has 0 unspecified atom stereocenters. The molecule has 3 aromatic rings. The minimum absolute atomic E-state index is 0.131. The van der Waals surface area contributed by atoms with Crippen LogP contribution in [0.1, 0.15) is 27.0 Å². The molecule has 3 aromatic carbocycles. The summed E-state index contributed by atoms with van der Waals surface area (Å²) in [5.74, 6) is 0.0470. The smallest absolute Gasteiger partial charge is 0.279 e. The molecule has 0 bridgehead atoms. The minimum Gasteiger partial charge on any atom is -0.321 e. The normalized spacial score (nSPS) is 14.2. The number of amides is 1. The largest absolute Gasteiger partial charge is 0.321 e. The number of hydrogen-bond acceptors (Lipinski definition) is 3. The number of aliphatic imine (C=N–C) groups is 1. The zero-order valence-corrected chi connectivity index (χ0v) is 15.2. The van der Waals surface area contributed by atoms with Gasteiger partial charge in [-0.15, -0.1) is 0 Å². The number of aryl methyl sites for hydroxylation is 1. The third kappa shape index (κ3) is 3.27. The molecule has 6 heteroatoms. The van der Waals surface area contributed by atoms with Gasteiger partial charge < -0.3 is 4.90 Å². The standard InChI is InChI=1S/C22H17N3O3/c1-15-6-4-9-18(12-15)24-14-17-7-2-3-11-20(17)21(24)23-22(26)16-8-5-10-19(13-16)25(27)28/h2-13H,14H2,1H3. The summed E-state index contributed by atoms with van der Waals surface area (Å²) in [6.45, 7) is 2.62. The fraction of sp³-hybridized carbons (Fsp3) is 0.0909. The van der Waals surface area contributed by atoms with Crippen LogP contribution in [0, 0.1) is 17.0 Å². The highest BCUT2D eigenvalue weighted by atomic mass is 16.6. The van der Waals surface area contributed by atoms with Gasteiger partial charge in [-0.3, -0.25) is 14.9 Å². The van der Waals surface area contributed by atoms with E-state index in [1.165, 1.54) is 24.3 Å². The summed E-state index contributed by atoms with van der Waals surface area (Å²) >= 11 is 0. The Hall–Kier alpha value is -3.80. The second kappa shape index (κ2) is 7.08. The Morgan fingerprint density at radius 3 is 2.61 bits per heavy atom. The highest BCUT2D eigenvalue weighted by Crippen LogP contribution is 2.29. The Labute approximate surface area is 161 Å². The van der Waals surface area contributed by atoms with Crippen LogP contribution in [0.25, 0.3) is 0 Å². The number of non-ortho nitro benzene ring substituents is 1. The van der Waals surface area contributed by atoms with Gasteiger partial charge in [-0.05, 0) is 36.2 Å². The molecular weight excluding hydrogens is 354 g/mol. The molecule has 0 atom stereocenters. The fourth-order valence-electron chi connectivity index (χ4n) is 3.31. The fourth-order valence-corrected chi connectivity index (χ4v) is 3.31. The average molecular weight is 371 g/mol. The van der Waals surface area contributed by atoms with Crippen molar-refractivity contribution in [3.8, 4) is 0 Å². The van der Waals surface area contributed by atoms with E-state index in [1.807, 2.05) is 60.4 Å². The van der Waals surface area contributed by atoms with Crippen LogP contribution in [-0.2, 0) is 6.54 Å². The lowest BCUT2D eigenvalue weighted by Crippen LogP contribution is -2.25. The van der Waals surface area contributed by atoms with Gasteiger partial charge in [0.05, 0.1) is 11.5 Å². The number of amidine groups is 1. The number of carbonyl (C=O) groups is 1. The Morgan fingerprint density at radius 2 is 1.82 bits per heavy atom. The maximum atomic E-state index is 12.8. The molecule has 0 aromatic heterocycles. The van der Waals surface area contributed by atoms with Crippen molar-refractivity contribution in [2.75, 3.05) is 4.90 Å². The molecule has 0 radical (unpaired) electrons. The SMILES string of the molecule is Cc1cccc(N2Cc3ccccc3C2=NC(=O)c2cccc([N+](=O)[O-])c2)c1. The summed E-state index contributed by atoms with van der Waals surface area (Å²) < 4.78 is 0. The van der Waals surface area contributed by atoms with Crippen molar-refractivity contribution in [1.82, 2.24) is 0 Å². The van der Waals surface area contributed by atoms with Crippen molar-refractivity contribution in [3.05, 3.63) is 105 Å². The highest BCUT2D eigenvalue weighted by molar-refractivity contribution is 6.18.